The highest BCUT2D eigenvalue weighted by Gasteiger charge is 2.16. The summed E-state index contributed by atoms with van der Waals surface area (Å²) in [6.45, 7) is 1.64. The molecule has 3 N–H and O–H groups in total. The molecule has 0 unspecified atom stereocenters. The second-order valence-electron chi connectivity index (χ2n) is 3.87. The molecule has 0 amide bonds. The van der Waals surface area contributed by atoms with E-state index in [2.05, 4.69) is 14.9 Å². The zero-order chi connectivity index (χ0) is 14.0. The van der Waals surface area contributed by atoms with Crippen molar-refractivity contribution in [2.75, 3.05) is 4.72 Å². The number of hydrogen-bond acceptors (Lipinski definition) is 4. The smallest absolute Gasteiger partial charge is 0.336 e. The van der Waals surface area contributed by atoms with Gasteiger partial charge in [-0.05, 0) is 24.6 Å². The van der Waals surface area contributed by atoms with Gasteiger partial charge in [0, 0.05) is 11.9 Å². The van der Waals surface area contributed by atoms with Crippen LogP contribution in [0.5, 0.6) is 0 Å². The minimum absolute atomic E-state index is 0.0232. The van der Waals surface area contributed by atoms with Crippen LogP contribution in [0.25, 0.3) is 0 Å². The minimum atomic E-state index is -3.76. The predicted molar refractivity (Wildman–Crippen MR) is 67.5 cm³/mol. The number of benzene rings is 1. The molecule has 0 aliphatic rings. The van der Waals surface area contributed by atoms with Crippen molar-refractivity contribution in [3.05, 3.63) is 41.7 Å². The standard InChI is InChI=1S/C11H11N3O4S/c1-7-2-3-8(4-10(7)11(15)16)14-19(17,18)9-5-12-13-6-9/h2-6,14H,1H3,(H,12,13)(H,15,16). The number of aromatic carboxylic acids is 1. The van der Waals surface area contributed by atoms with Gasteiger partial charge < -0.3 is 5.11 Å². The fourth-order valence-corrected chi connectivity index (χ4v) is 2.47. The lowest BCUT2D eigenvalue weighted by molar-refractivity contribution is 0.0696. The van der Waals surface area contributed by atoms with Crippen molar-refractivity contribution in [1.82, 2.24) is 10.2 Å². The van der Waals surface area contributed by atoms with E-state index in [4.69, 9.17) is 5.11 Å². The predicted octanol–water partition coefficient (Wildman–Crippen LogP) is 1.22. The largest absolute Gasteiger partial charge is 0.478 e. The molecule has 100 valence electrons. The monoisotopic (exact) mass is 281 g/mol. The molecule has 0 fully saturated rings. The maximum absolute atomic E-state index is 11.9. The number of aromatic nitrogens is 2. The van der Waals surface area contributed by atoms with Crippen LogP contribution in [0.3, 0.4) is 0 Å². The van der Waals surface area contributed by atoms with Gasteiger partial charge in [0.2, 0.25) is 0 Å². The summed E-state index contributed by atoms with van der Waals surface area (Å²) in [5, 5.41) is 14.9. The summed E-state index contributed by atoms with van der Waals surface area (Å²) in [5.74, 6) is -1.11. The third-order valence-corrected chi connectivity index (χ3v) is 3.85. The first-order valence-corrected chi connectivity index (χ1v) is 6.74. The van der Waals surface area contributed by atoms with E-state index in [9.17, 15) is 13.2 Å². The van der Waals surface area contributed by atoms with Crippen LogP contribution >= 0.6 is 0 Å². The van der Waals surface area contributed by atoms with Crippen molar-refractivity contribution >= 4 is 21.7 Å². The highest BCUT2D eigenvalue weighted by atomic mass is 32.2. The van der Waals surface area contributed by atoms with Crippen LogP contribution in [0, 0.1) is 6.92 Å². The Morgan fingerprint density at radius 3 is 2.74 bits per heavy atom. The third-order valence-electron chi connectivity index (χ3n) is 2.50. The number of nitrogens with zero attached hydrogens (tertiary/aromatic N) is 1. The second-order valence-corrected chi connectivity index (χ2v) is 5.56. The van der Waals surface area contributed by atoms with Crippen molar-refractivity contribution < 1.29 is 18.3 Å². The Labute approximate surface area is 109 Å². The molecule has 0 radical (unpaired) electrons. The van der Waals surface area contributed by atoms with E-state index >= 15 is 0 Å². The van der Waals surface area contributed by atoms with Gasteiger partial charge in [0.1, 0.15) is 4.90 Å². The summed E-state index contributed by atoms with van der Waals surface area (Å²) >= 11 is 0. The number of carbonyl (C=O) groups is 1. The van der Waals surface area contributed by atoms with Gasteiger partial charge in [-0.1, -0.05) is 6.07 Å². The molecule has 0 bridgehead atoms. The molecule has 8 heteroatoms. The van der Waals surface area contributed by atoms with E-state index in [1.54, 1.807) is 6.92 Å². The van der Waals surface area contributed by atoms with Crippen LogP contribution in [0.15, 0.2) is 35.5 Å². The quantitative estimate of drug-likeness (QED) is 0.780. The number of carboxylic acid groups (broad SMARTS) is 1. The Bertz CT molecular complexity index is 708. The van der Waals surface area contributed by atoms with Crippen molar-refractivity contribution in [2.45, 2.75) is 11.8 Å². The van der Waals surface area contributed by atoms with Gasteiger partial charge in [0.05, 0.1) is 11.8 Å². The third kappa shape index (κ3) is 2.74. The topological polar surface area (TPSA) is 112 Å². The maximum Gasteiger partial charge on any atom is 0.336 e. The van der Waals surface area contributed by atoms with Crippen molar-refractivity contribution in [2.24, 2.45) is 0 Å². The van der Waals surface area contributed by atoms with Crippen molar-refractivity contribution in [3.63, 3.8) is 0 Å². The van der Waals surface area contributed by atoms with Crippen molar-refractivity contribution in [1.29, 1.82) is 0 Å². The Morgan fingerprint density at radius 1 is 1.42 bits per heavy atom. The molecule has 0 aliphatic carbocycles. The molecular formula is C11H11N3O4S. The highest BCUT2D eigenvalue weighted by Crippen LogP contribution is 2.18. The van der Waals surface area contributed by atoms with E-state index in [0.717, 1.165) is 6.20 Å². The lowest BCUT2D eigenvalue weighted by Gasteiger charge is -2.08. The molecule has 2 aromatic rings. The highest BCUT2D eigenvalue weighted by molar-refractivity contribution is 7.92. The van der Waals surface area contributed by atoms with E-state index in [0.29, 0.717) is 5.56 Å². The number of sulfonamides is 1. The first kappa shape index (κ1) is 13.1. The lowest BCUT2D eigenvalue weighted by atomic mass is 10.1. The number of aromatic amines is 1. The number of carboxylic acids is 1. The number of hydrogen-bond donors (Lipinski definition) is 3. The summed E-state index contributed by atoms with van der Waals surface area (Å²) in [6, 6.07) is 4.31. The van der Waals surface area contributed by atoms with E-state index < -0.39 is 16.0 Å². The van der Waals surface area contributed by atoms with Crippen LogP contribution in [0.1, 0.15) is 15.9 Å². The summed E-state index contributed by atoms with van der Waals surface area (Å²) in [5.41, 5.74) is 0.787. The molecular weight excluding hydrogens is 270 g/mol. The Balaban J connectivity index is 2.35. The number of nitrogens with one attached hydrogen (secondary N) is 2. The van der Waals surface area contributed by atoms with Gasteiger partial charge in [0.15, 0.2) is 0 Å². The molecule has 2 rings (SSSR count). The van der Waals surface area contributed by atoms with Crippen molar-refractivity contribution in [3.8, 4) is 0 Å². The van der Waals surface area contributed by atoms with Crippen LogP contribution in [0.2, 0.25) is 0 Å². The van der Waals surface area contributed by atoms with Gasteiger partial charge in [-0.3, -0.25) is 9.82 Å². The Kier molecular flexibility index (Phi) is 3.26. The van der Waals surface area contributed by atoms with Crippen LogP contribution in [-0.2, 0) is 10.0 Å². The molecule has 0 saturated heterocycles. The van der Waals surface area contributed by atoms with Gasteiger partial charge in [-0.25, -0.2) is 13.2 Å². The van der Waals surface area contributed by atoms with Gasteiger partial charge in [0.25, 0.3) is 10.0 Å². The second kappa shape index (κ2) is 4.73. The molecule has 1 heterocycles. The molecule has 1 aromatic heterocycles. The molecule has 0 atom stereocenters. The Morgan fingerprint density at radius 2 is 2.16 bits per heavy atom. The summed E-state index contributed by atoms with van der Waals surface area (Å²) < 4.78 is 26.1. The van der Waals surface area contributed by atoms with E-state index in [-0.39, 0.29) is 16.1 Å². The lowest BCUT2D eigenvalue weighted by Crippen LogP contribution is -2.13. The average molecular weight is 281 g/mol. The maximum atomic E-state index is 11.9. The van der Waals surface area contributed by atoms with Crippen LogP contribution in [-0.4, -0.2) is 29.7 Å². The number of anilines is 1. The zero-order valence-corrected chi connectivity index (χ0v) is 10.7. The van der Waals surface area contributed by atoms with Gasteiger partial charge in [-0.15, -0.1) is 0 Å². The Hall–Kier alpha value is -2.35. The molecule has 19 heavy (non-hydrogen) atoms. The number of H-pyrrole nitrogens is 1. The molecule has 7 nitrogen and oxygen atoms in total. The normalized spacial score (nSPS) is 11.2. The first-order valence-electron chi connectivity index (χ1n) is 5.26. The summed E-state index contributed by atoms with van der Waals surface area (Å²) in [6.07, 6.45) is 2.39. The average Bonchev–Trinajstić information content (AvgIpc) is 2.85. The first-order chi connectivity index (χ1) is 8.90. The molecule has 1 aromatic carbocycles. The fraction of sp³-hybridized carbons (Fsp3) is 0.0909. The SMILES string of the molecule is Cc1ccc(NS(=O)(=O)c2cn[nH]c2)cc1C(=O)O. The van der Waals surface area contributed by atoms with Gasteiger partial charge >= 0.3 is 5.97 Å². The number of aryl methyl sites for hydroxylation is 1. The number of rotatable bonds is 4. The zero-order valence-electron chi connectivity index (χ0n) is 9.91. The molecule has 0 saturated carbocycles. The van der Waals surface area contributed by atoms with E-state index in [1.807, 2.05) is 0 Å². The van der Waals surface area contributed by atoms with E-state index in [1.165, 1.54) is 24.4 Å². The van der Waals surface area contributed by atoms with Crippen LogP contribution < -0.4 is 4.72 Å². The fourth-order valence-electron chi connectivity index (χ4n) is 1.52. The molecule has 0 spiro atoms. The minimum Gasteiger partial charge on any atom is -0.478 e. The van der Waals surface area contributed by atoms with Gasteiger partial charge in [-0.2, -0.15) is 5.10 Å². The molecule has 0 aliphatic heterocycles. The summed E-state index contributed by atoms with van der Waals surface area (Å²) in [4.78, 5) is 11.0. The van der Waals surface area contributed by atoms with Crippen LogP contribution in [0.4, 0.5) is 5.69 Å². The summed E-state index contributed by atoms with van der Waals surface area (Å²) in [7, 11) is -3.76.